The Morgan fingerprint density at radius 2 is 2.12 bits per heavy atom. The van der Waals surface area contributed by atoms with E-state index in [4.69, 9.17) is 0 Å². The van der Waals surface area contributed by atoms with Crippen LogP contribution in [0.3, 0.4) is 0 Å². The molecular weight excluding hydrogens is 220 g/mol. The number of phenols is 1. The molecule has 0 saturated carbocycles. The molecule has 0 radical (unpaired) electrons. The third-order valence-corrected chi connectivity index (χ3v) is 3.66. The lowest BCUT2D eigenvalue weighted by Gasteiger charge is -2.10. The van der Waals surface area contributed by atoms with Gasteiger partial charge in [0.05, 0.1) is 6.10 Å². The molecule has 0 amide bonds. The molecule has 0 spiro atoms. The predicted molar refractivity (Wildman–Crippen MR) is 65.8 cm³/mol. The summed E-state index contributed by atoms with van der Waals surface area (Å²) in [5, 5.41) is 21.4. The van der Waals surface area contributed by atoms with Crippen LogP contribution in [0.15, 0.2) is 35.7 Å². The Morgan fingerprint density at radius 3 is 2.75 bits per heavy atom. The van der Waals surface area contributed by atoms with Crippen LogP contribution in [-0.2, 0) is 6.42 Å². The molecular formula is C13H14O2S. The average Bonchev–Trinajstić information content (AvgIpc) is 2.64. The normalized spacial score (nSPS) is 12.6. The Morgan fingerprint density at radius 1 is 1.31 bits per heavy atom. The lowest BCUT2D eigenvalue weighted by Crippen LogP contribution is -2.00. The molecule has 2 nitrogen and oxygen atoms in total. The van der Waals surface area contributed by atoms with Gasteiger partial charge < -0.3 is 10.2 Å². The minimum atomic E-state index is -0.484. The topological polar surface area (TPSA) is 40.5 Å². The summed E-state index contributed by atoms with van der Waals surface area (Å²) < 4.78 is 0. The molecule has 2 aromatic rings. The summed E-state index contributed by atoms with van der Waals surface area (Å²) in [7, 11) is 0. The van der Waals surface area contributed by atoms with E-state index in [1.54, 1.807) is 29.5 Å². The van der Waals surface area contributed by atoms with Gasteiger partial charge in [-0.15, -0.1) is 11.3 Å². The van der Waals surface area contributed by atoms with Crippen molar-refractivity contribution in [2.45, 2.75) is 19.4 Å². The van der Waals surface area contributed by atoms with E-state index in [1.807, 2.05) is 24.4 Å². The van der Waals surface area contributed by atoms with Crippen molar-refractivity contribution in [2.75, 3.05) is 0 Å². The van der Waals surface area contributed by atoms with Gasteiger partial charge in [0.15, 0.2) is 0 Å². The Balaban J connectivity index is 2.14. The molecule has 84 valence electrons. The van der Waals surface area contributed by atoms with E-state index >= 15 is 0 Å². The van der Waals surface area contributed by atoms with Crippen molar-refractivity contribution in [3.8, 4) is 5.75 Å². The van der Waals surface area contributed by atoms with Crippen LogP contribution in [-0.4, -0.2) is 10.2 Å². The minimum Gasteiger partial charge on any atom is -0.508 e. The molecule has 0 bridgehead atoms. The van der Waals surface area contributed by atoms with Crippen LogP contribution in [0.1, 0.15) is 22.1 Å². The number of aromatic hydroxyl groups is 1. The van der Waals surface area contributed by atoms with Crippen LogP contribution < -0.4 is 0 Å². The van der Waals surface area contributed by atoms with Crippen LogP contribution in [0.5, 0.6) is 5.75 Å². The van der Waals surface area contributed by atoms with Crippen LogP contribution in [0.4, 0.5) is 0 Å². The summed E-state index contributed by atoms with van der Waals surface area (Å²) in [5.74, 6) is 0.243. The molecule has 1 aromatic heterocycles. The third kappa shape index (κ3) is 2.43. The molecule has 1 unspecified atom stereocenters. The number of aliphatic hydroxyl groups is 1. The van der Waals surface area contributed by atoms with Crippen molar-refractivity contribution in [2.24, 2.45) is 0 Å². The van der Waals surface area contributed by atoms with Crippen LogP contribution in [0.2, 0.25) is 0 Å². The quantitative estimate of drug-likeness (QED) is 0.857. The van der Waals surface area contributed by atoms with Crippen molar-refractivity contribution in [1.82, 2.24) is 0 Å². The molecule has 1 aromatic carbocycles. The maximum absolute atomic E-state index is 10.1. The Labute approximate surface area is 98.8 Å². The molecule has 1 heterocycles. The van der Waals surface area contributed by atoms with Gasteiger partial charge in [0.1, 0.15) is 5.75 Å². The minimum absolute atomic E-state index is 0.243. The van der Waals surface area contributed by atoms with Gasteiger partial charge in [-0.2, -0.15) is 0 Å². The highest BCUT2D eigenvalue weighted by atomic mass is 32.1. The number of hydrogen-bond acceptors (Lipinski definition) is 3. The van der Waals surface area contributed by atoms with Crippen molar-refractivity contribution in [1.29, 1.82) is 0 Å². The summed E-state index contributed by atoms with van der Waals surface area (Å²) >= 11 is 1.57. The molecule has 0 aliphatic carbocycles. The molecule has 16 heavy (non-hydrogen) atoms. The van der Waals surface area contributed by atoms with E-state index in [9.17, 15) is 10.2 Å². The van der Waals surface area contributed by atoms with Gasteiger partial charge in [-0.05, 0) is 41.6 Å². The molecule has 2 N–H and O–H groups in total. The van der Waals surface area contributed by atoms with Gasteiger partial charge in [0.25, 0.3) is 0 Å². The molecule has 1 atom stereocenters. The molecule has 2 rings (SSSR count). The van der Waals surface area contributed by atoms with Crippen molar-refractivity contribution >= 4 is 11.3 Å². The van der Waals surface area contributed by atoms with Gasteiger partial charge in [0, 0.05) is 11.3 Å². The summed E-state index contributed by atoms with van der Waals surface area (Å²) in [6.07, 6.45) is 0.0530. The standard InChI is InChI=1S/C13H14O2S/c1-9-5-6-16-13(9)12(15)8-10-3-2-4-11(14)7-10/h2-7,12,14-15H,8H2,1H3. The first kappa shape index (κ1) is 11.2. The maximum atomic E-state index is 10.1. The molecule has 0 aliphatic rings. The molecule has 0 saturated heterocycles. The predicted octanol–water partition coefficient (Wildman–Crippen LogP) is 3.04. The first-order valence-corrected chi connectivity index (χ1v) is 6.05. The molecule has 0 aliphatic heterocycles. The third-order valence-electron chi connectivity index (χ3n) is 2.54. The van der Waals surface area contributed by atoms with E-state index < -0.39 is 6.10 Å². The van der Waals surface area contributed by atoms with Gasteiger partial charge in [-0.1, -0.05) is 12.1 Å². The highest BCUT2D eigenvalue weighted by Gasteiger charge is 2.12. The van der Waals surface area contributed by atoms with E-state index in [1.165, 1.54) is 0 Å². The number of aliphatic hydroxyl groups excluding tert-OH is 1. The number of benzene rings is 1. The second kappa shape index (κ2) is 4.68. The second-order valence-corrected chi connectivity index (χ2v) is 4.81. The van der Waals surface area contributed by atoms with E-state index in [0.717, 1.165) is 16.0 Å². The van der Waals surface area contributed by atoms with Crippen molar-refractivity contribution in [3.05, 3.63) is 51.7 Å². The first-order valence-electron chi connectivity index (χ1n) is 5.17. The Bertz CT molecular complexity index is 476. The van der Waals surface area contributed by atoms with Crippen LogP contribution >= 0.6 is 11.3 Å². The second-order valence-electron chi connectivity index (χ2n) is 3.86. The number of rotatable bonds is 3. The SMILES string of the molecule is Cc1ccsc1C(O)Cc1cccc(O)c1. The van der Waals surface area contributed by atoms with Gasteiger partial charge in [-0.3, -0.25) is 0 Å². The summed E-state index contributed by atoms with van der Waals surface area (Å²) in [6.45, 7) is 2.00. The summed E-state index contributed by atoms with van der Waals surface area (Å²) in [6, 6.07) is 9.02. The largest absolute Gasteiger partial charge is 0.508 e. The van der Waals surface area contributed by atoms with E-state index in [2.05, 4.69) is 0 Å². The molecule has 3 heteroatoms. The van der Waals surface area contributed by atoms with Gasteiger partial charge in [0.2, 0.25) is 0 Å². The number of aryl methyl sites for hydroxylation is 1. The zero-order valence-corrected chi connectivity index (χ0v) is 9.87. The summed E-state index contributed by atoms with van der Waals surface area (Å²) in [4.78, 5) is 1.00. The summed E-state index contributed by atoms with van der Waals surface area (Å²) in [5.41, 5.74) is 2.07. The van der Waals surface area contributed by atoms with Crippen LogP contribution in [0.25, 0.3) is 0 Å². The van der Waals surface area contributed by atoms with Gasteiger partial charge >= 0.3 is 0 Å². The fourth-order valence-electron chi connectivity index (χ4n) is 1.73. The highest BCUT2D eigenvalue weighted by Crippen LogP contribution is 2.27. The van der Waals surface area contributed by atoms with Crippen molar-refractivity contribution in [3.63, 3.8) is 0 Å². The number of thiophene rings is 1. The van der Waals surface area contributed by atoms with Gasteiger partial charge in [-0.25, -0.2) is 0 Å². The number of hydrogen-bond donors (Lipinski definition) is 2. The highest BCUT2D eigenvalue weighted by molar-refractivity contribution is 7.10. The first-order chi connectivity index (χ1) is 7.66. The lowest BCUT2D eigenvalue weighted by atomic mass is 10.0. The fraction of sp³-hybridized carbons (Fsp3) is 0.231. The average molecular weight is 234 g/mol. The molecule has 0 fully saturated rings. The lowest BCUT2D eigenvalue weighted by molar-refractivity contribution is 0.181. The van der Waals surface area contributed by atoms with Crippen LogP contribution in [0, 0.1) is 6.92 Å². The van der Waals surface area contributed by atoms with Crippen molar-refractivity contribution < 1.29 is 10.2 Å². The zero-order valence-electron chi connectivity index (χ0n) is 9.05. The zero-order chi connectivity index (χ0) is 11.5. The smallest absolute Gasteiger partial charge is 0.115 e. The number of phenolic OH excluding ortho intramolecular Hbond substituents is 1. The van der Waals surface area contributed by atoms with E-state index in [-0.39, 0.29) is 5.75 Å². The Kier molecular flexibility index (Phi) is 3.27. The Hall–Kier alpha value is -1.32. The monoisotopic (exact) mass is 234 g/mol. The fourth-order valence-corrected chi connectivity index (χ4v) is 2.64. The van der Waals surface area contributed by atoms with E-state index in [0.29, 0.717) is 6.42 Å². The maximum Gasteiger partial charge on any atom is 0.115 e.